The number of methoxy groups -OCH3 is 2. The van der Waals surface area contributed by atoms with E-state index in [0.29, 0.717) is 18.5 Å². The third kappa shape index (κ3) is 3.67. The third-order valence-electron chi connectivity index (χ3n) is 5.81. The zero-order valence-corrected chi connectivity index (χ0v) is 16.9. The molecule has 6 heteroatoms. The van der Waals surface area contributed by atoms with Gasteiger partial charge in [-0.3, -0.25) is 9.59 Å². The van der Waals surface area contributed by atoms with Crippen LogP contribution in [0.3, 0.4) is 0 Å². The standard InChI is InChI=1S/C23H26N2O4/c1-28-18-11-12-21(29-2)19(15-18)20-5-3-14-25(20)23(27)16-7-9-17(10-8-16)24-13-4-6-22(24)26/h7-12,15,20H,3-6,13-14H2,1-2H3. The van der Waals surface area contributed by atoms with Crippen LogP contribution in [0.5, 0.6) is 11.5 Å². The summed E-state index contributed by atoms with van der Waals surface area (Å²) < 4.78 is 10.9. The molecule has 2 aliphatic heterocycles. The molecule has 2 fully saturated rings. The number of carbonyl (C=O) groups excluding carboxylic acids is 2. The zero-order valence-electron chi connectivity index (χ0n) is 16.9. The van der Waals surface area contributed by atoms with Crippen molar-refractivity contribution in [1.29, 1.82) is 0 Å². The van der Waals surface area contributed by atoms with Crippen molar-refractivity contribution in [2.45, 2.75) is 31.7 Å². The maximum Gasteiger partial charge on any atom is 0.254 e. The summed E-state index contributed by atoms with van der Waals surface area (Å²) in [5, 5.41) is 0. The first kappa shape index (κ1) is 19.3. The number of nitrogens with zero attached hydrogens (tertiary/aromatic N) is 2. The predicted octanol–water partition coefficient (Wildman–Crippen LogP) is 3.81. The average Bonchev–Trinajstić information content (AvgIpc) is 3.42. The molecule has 0 radical (unpaired) electrons. The van der Waals surface area contributed by atoms with Gasteiger partial charge in [-0.15, -0.1) is 0 Å². The molecule has 0 aromatic heterocycles. The summed E-state index contributed by atoms with van der Waals surface area (Å²) >= 11 is 0. The minimum atomic E-state index is -0.0487. The molecular formula is C23H26N2O4. The predicted molar refractivity (Wildman–Crippen MR) is 111 cm³/mol. The van der Waals surface area contributed by atoms with Crippen LogP contribution in [-0.2, 0) is 4.79 Å². The first-order valence-corrected chi connectivity index (χ1v) is 10.1. The van der Waals surface area contributed by atoms with Crippen LogP contribution in [0.15, 0.2) is 42.5 Å². The maximum absolute atomic E-state index is 13.3. The highest BCUT2D eigenvalue weighted by atomic mass is 16.5. The monoisotopic (exact) mass is 394 g/mol. The molecule has 2 amide bonds. The summed E-state index contributed by atoms with van der Waals surface area (Å²) in [7, 11) is 3.28. The lowest BCUT2D eigenvalue weighted by molar-refractivity contribution is -0.117. The van der Waals surface area contributed by atoms with E-state index in [-0.39, 0.29) is 17.9 Å². The molecule has 0 bridgehead atoms. The van der Waals surface area contributed by atoms with Crippen molar-refractivity contribution in [3.63, 3.8) is 0 Å². The fourth-order valence-electron chi connectivity index (χ4n) is 4.30. The molecular weight excluding hydrogens is 368 g/mol. The van der Waals surface area contributed by atoms with Crippen LogP contribution in [0, 0.1) is 0 Å². The Morgan fingerprint density at radius 1 is 1.00 bits per heavy atom. The van der Waals surface area contributed by atoms with Gasteiger partial charge in [0.1, 0.15) is 11.5 Å². The van der Waals surface area contributed by atoms with Gasteiger partial charge in [-0.2, -0.15) is 0 Å². The first-order chi connectivity index (χ1) is 14.1. The van der Waals surface area contributed by atoms with E-state index in [1.165, 1.54) is 0 Å². The normalized spacial score (nSPS) is 19.0. The number of likely N-dealkylation sites (tertiary alicyclic amines) is 1. The molecule has 0 spiro atoms. The van der Waals surface area contributed by atoms with Gasteiger partial charge in [-0.1, -0.05) is 0 Å². The van der Waals surface area contributed by atoms with Crippen LogP contribution in [0.2, 0.25) is 0 Å². The molecule has 29 heavy (non-hydrogen) atoms. The first-order valence-electron chi connectivity index (χ1n) is 10.1. The Kier molecular flexibility index (Phi) is 5.43. The van der Waals surface area contributed by atoms with E-state index in [9.17, 15) is 9.59 Å². The molecule has 2 heterocycles. The van der Waals surface area contributed by atoms with Gasteiger partial charge < -0.3 is 19.3 Å². The molecule has 2 aromatic rings. The minimum Gasteiger partial charge on any atom is -0.497 e. The van der Waals surface area contributed by atoms with Gasteiger partial charge in [0, 0.05) is 36.3 Å². The quantitative estimate of drug-likeness (QED) is 0.774. The fraction of sp³-hybridized carbons (Fsp3) is 0.391. The zero-order chi connectivity index (χ0) is 20.4. The molecule has 4 rings (SSSR count). The van der Waals surface area contributed by atoms with E-state index in [1.807, 2.05) is 47.4 Å². The Hall–Kier alpha value is -3.02. The van der Waals surface area contributed by atoms with Crippen molar-refractivity contribution < 1.29 is 19.1 Å². The number of hydrogen-bond acceptors (Lipinski definition) is 4. The summed E-state index contributed by atoms with van der Waals surface area (Å²) in [6.07, 6.45) is 3.31. The van der Waals surface area contributed by atoms with E-state index in [2.05, 4.69) is 0 Å². The fourth-order valence-corrected chi connectivity index (χ4v) is 4.30. The second kappa shape index (κ2) is 8.15. The Bertz CT molecular complexity index is 910. The van der Waals surface area contributed by atoms with Gasteiger partial charge >= 0.3 is 0 Å². The van der Waals surface area contributed by atoms with Crippen molar-refractivity contribution in [1.82, 2.24) is 4.90 Å². The number of carbonyl (C=O) groups is 2. The van der Waals surface area contributed by atoms with Gasteiger partial charge in [-0.05, 0) is 61.7 Å². The average molecular weight is 394 g/mol. The van der Waals surface area contributed by atoms with E-state index < -0.39 is 0 Å². The molecule has 6 nitrogen and oxygen atoms in total. The molecule has 152 valence electrons. The SMILES string of the molecule is COc1ccc(OC)c(C2CCCN2C(=O)c2ccc(N3CCCC3=O)cc2)c1. The molecule has 1 atom stereocenters. The number of amides is 2. The van der Waals surface area contributed by atoms with Crippen molar-refractivity contribution in [3.8, 4) is 11.5 Å². The summed E-state index contributed by atoms with van der Waals surface area (Å²) in [4.78, 5) is 28.9. The summed E-state index contributed by atoms with van der Waals surface area (Å²) in [6.45, 7) is 1.45. The van der Waals surface area contributed by atoms with E-state index in [4.69, 9.17) is 9.47 Å². The van der Waals surface area contributed by atoms with Crippen molar-refractivity contribution >= 4 is 17.5 Å². The molecule has 2 aliphatic rings. The lowest BCUT2D eigenvalue weighted by Gasteiger charge is -2.27. The third-order valence-corrected chi connectivity index (χ3v) is 5.81. The molecule has 0 saturated carbocycles. The van der Waals surface area contributed by atoms with E-state index in [0.717, 1.165) is 48.6 Å². The number of ether oxygens (including phenoxy) is 2. The van der Waals surface area contributed by atoms with Crippen molar-refractivity contribution in [2.24, 2.45) is 0 Å². The Morgan fingerprint density at radius 3 is 2.45 bits per heavy atom. The smallest absolute Gasteiger partial charge is 0.254 e. The number of hydrogen-bond donors (Lipinski definition) is 0. The molecule has 0 aliphatic carbocycles. The largest absolute Gasteiger partial charge is 0.497 e. The summed E-state index contributed by atoms with van der Waals surface area (Å²) in [6, 6.07) is 13.0. The Morgan fingerprint density at radius 2 is 1.79 bits per heavy atom. The van der Waals surface area contributed by atoms with Gasteiger partial charge in [0.2, 0.25) is 5.91 Å². The topological polar surface area (TPSA) is 59.1 Å². The molecule has 2 saturated heterocycles. The van der Waals surface area contributed by atoms with E-state index in [1.54, 1.807) is 19.1 Å². The van der Waals surface area contributed by atoms with Gasteiger partial charge in [0.25, 0.3) is 5.91 Å². The number of rotatable bonds is 5. The van der Waals surface area contributed by atoms with Crippen LogP contribution in [0.25, 0.3) is 0 Å². The van der Waals surface area contributed by atoms with Crippen molar-refractivity contribution in [2.75, 3.05) is 32.2 Å². The number of anilines is 1. The number of benzene rings is 2. The van der Waals surface area contributed by atoms with Crippen LogP contribution >= 0.6 is 0 Å². The van der Waals surface area contributed by atoms with Crippen LogP contribution in [0.4, 0.5) is 5.69 Å². The van der Waals surface area contributed by atoms with Crippen molar-refractivity contribution in [3.05, 3.63) is 53.6 Å². The van der Waals surface area contributed by atoms with Crippen LogP contribution in [0.1, 0.15) is 47.6 Å². The highest BCUT2D eigenvalue weighted by Gasteiger charge is 2.33. The second-order valence-corrected chi connectivity index (χ2v) is 7.46. The lowest BCUT2D eigenvalue weighted by atomic mass is 10.0. The van der Waals surface area contributed by atoms with E-state index >= 15 is 0 Å². The highest BCUT2D eigenvalue weighted by molar-refractivity contribution is 5.97. The minimum absolute atomic E-state index is 0.00308. The maximum atomic E-state index is 13.3. The Balaban J connectivity index is 1.57. The molecule has 1 unspecified atom stereocenters. The highest BCUT2D eigenvalue weighted by Crippen LogP contribution is 2.39. The summed E-state index contributed by atoms with van der Waals surface area (Å²) in [5.74, 6) is 1.66. The second-order valence-electron chi connectivity index (χ2n) is 7.46. The van der Waals surface area contributed by atoms with Gasteiger partial charge in [0.05, 0.1) is 20.3 Å². The van der Waals surface area contributed by atoms with Crippen LogP contribution in [-0.4, -0.2) is 44.0 Å². The molecule has 2 aromatic carbocycles. The van der Waals surface area contributed by atoms with Gasteiger partial charge in [-0.25, -0.2) is 0 Å². The molecule has 0 N–H and O–H groups in total. The Labute approximate surface area is 171 Å². The van der Waals surface area contributed by atoms with Gasteiger partial charge in [0.15, 0.2) is 0 Å². The lowest BCUT2D eigenvalue weighted by Crippen LogP contribution is -2.31. The van der Waals surface area contributed by atoms with Crippen LogP contribution < -0.4 is 14.4 Å². The summed E-state index contributed by atoms with van der Waals surface area (Å²) in [5.41, 5.74) is 2.46.